The Morgan fingerprint density at radius 2 is 1.70 bits per heavy atom. The fourth-order valence-electron chi connectivity index (χ4n) is 2.83. The molecule has 0 spiro atoms. The van der Waals surface area contributed by atoms with E-state index in [1.165, 1.54) is 12.1 Å². The van der Waals surface area contributed by atoms with Crippen molar-refractivity contribution in [1.82, 2.24) is 0 Å². The van der Waals surface area contributed by atoms with Crippen molar-refractivity contribution in [3.05, 3.63) is 35.4 Å². The molecule has 20 heavy (non-hydrogen) atoms. The number of Topliss-reactive ketones (excluding diaryl/α,β-unsaturated/α-hetero) is 1. The van der Waals surface area contributed by atoms with Crippen LogP contribution in [-0.4, -0.2) is 12.3 Å². The van der Waals surface area contributed by atoms with E-state index in [1.54, 1.807) is 0 Å². The molecule has 0 unspecified atom stereocenters. The molecule has 1 fully saturated rings. The van der Waals surface area contributed by atoms with Crippen molar-refractivity contribution in [3.8, 4) is 0 Å². The first-order chi connectivity index (χ1) is 9.37. The zero-order chi connectivity index (χ0) is 14.8. The first-order valence-corrected chi connectivity index (χ1v) is 6.77. The fourth-order valence-corrected chi connectivity index (χ4v) is 2.83. The van der Waals surface area contributed by atoms with Gasteiger partial charge >= 0.3 is 6.18 Å². The van der Waals surface area contributed by atoms with E-state index in [0.717, 1.165) is 37.8 Å². The van der Waals surface area contributed by atoms with Gasteiger partial charge in [-0.3, -0.25) is 4.79 Å². The van der Waals surface area contributed by atoms with Crippen molar-refractivity contribution in [2.24, 2.45) is 11.1 Å². The molecule has 1 saturated carbocycles. The van der Waals surface area contributed by atoms with Crippen molar-refractivity contribution < 1.29 is 18.0 Å². The Morgan fingerprint density at radius 3 is 2.15 bits per heavy atom. The quantitative estimate of drug-likeness (QED) is 0.922. The maximum atomic E-state index is 12.5. The molecule has 1 aromatic carbocycles. The lowest BCUT2D eigenvalue weighted by Crippen LogP contribution is -2.37. The highest BCUT2D eigenvalue weighted by molar-refractivity contribution is 5.87. The molecule has 110 valence electrons. The van der Waals surface area contributed by atoms with Gasteiger partial charge in [0.05, 0.1) is 5.56 Å². The van der Waals surface area contributed by atoms with E-state index in [2.05, 4.69) is 0 Å². The van der Waals surface area contributed by atoms with E-state index in [9.17, 15) is 18.0 Å². The summed E-state index contributed by atoms with van der Waals surface area (Å²) in [5, 5.41) is 0. The molecule has 1 aromatic rings. The minimum absolute atomic E-state index is 0.0530. The van der Waals surface area contributed by atoms with Crippen LogP contribution in [-0.2, 0) is 17.4 Å². The minimum atomic E-state index is -4.34. The van der Waals surface area contributed by atoms with Gasteiger partial charge in [0, 0.05) is 18.4 Å². The van der Waals surface area contributed by atoms with Crippen LogP contribution in [0.15, 0.2) is 24.3 Å². The lowest BCUT2D eigenvalue weighted by atomic mass is 9.79. The van der Waals surface area contributed by atoms with Crippen LogP contribution < -0.4 is 5.73 Å². The Kier molecular flexibility index (Phi) is 4.18. The molecule has 0 amide bonds. The monoisotopic (exact) mass is 285 g/mol. The van der Waals surface area contributed by atoms with Gasteiger partial charge in [-0.25, -0.2) is 0 Å². The number of rotatable bonds is 4. The summed E-state index contributed by atoms with van der Waals surface area (Å²) in [5.74, 6) is 0.0530. The fraction of sp³-hybridized carbons (Fsp3) is 0.533. The largest absolute Gasteiger partial charge is 0.416 e. The Hall–Kier alpha value is -1.36. The van der Waals surface area contributed by atoms with E-state index in [0.29, 0.717) is 12.1 Å². The highest BCUT2D eigenvalue weighted by Gasteiger charge is 2.39. The summed E-state index contributed by atoms with van der Waals surface area (Å²) in [6.45, 7) is 0.326. The zero-order valence-electron chi connectivity index (χ0n) is 11.2. The minimum Gasteiger partial charge on any atom is -0.329 e. The van der Waals surface area contributed by atoms with Crippen molar-refractivity contribution in [2.45, 2.75) is 38.3 Å². The number of carbonyl (C=O) groups excluding carboxylic acids is 1. The van der Waals surface area contributed by atoms with Gasteiger partial charge in [-0.1, -0.05) is 25.0 Å². The van der Waals surface area contributed by atoms with E-state index in [-0.39, 0.29) is 12.2 Å². The van der Waals surface area contributed by atoms with Gasteiger partial charge in [0.2, 0.25) is 0 Å². The van der Waals surface area contributed by atoms with Gasteiger partial charge in [-0.2, -0.15) is 13.2 Å². The summed E-state index contributed by atoms with van der Waals surface area (Å²) < 4.78 is 37.4. The molecule has 2 nitrogen and oxygen atoms in total. The zero-order valence-corrected chi connectivity index (χ0v) is 11.2. The number of hydrogen-bond acceptors (Lipinski definition) is 2. The third-order valence-electron chi connectivity index (χ3n) is 4.19. The Balaban J connectivity index is 2.08. The van der Waals surface area contributed by atoms with E-state index >= 15 is 0 Å². The number of alkyl halides is 3. The highest BCUT2D eigenvalue weighted by Crippen LogP contribution is 2.39. The number of benzene rings is 1. The molecule has 0 bridgehead atoms. The average Bonchev–Trinajstić information content (AvgIpc) is 2.88. The summed E-state index contributed by atoms with van der Waals surface area (Å²) in [6, 6.07) is 4.79. The van der Waals surface area contributed by atoms with E-state index < -0.39 is 17.2 Å². The SMILES string of the molecule is NCC1(C(=O)Cc2ccc(C(F)(F)F)cc2)CCCC1. The molecule has 0 aromatic heterocycles. The highest BCUT2D eigenvalue weighted by atomic mass is 19.4. The molecule has 1 aliphatic rings. The third-order valence-corrected chi connectivity index (χ3v) is 4.19. The average molecular weight is 285 g/mol. The van der Waals surface area contributed by atoms with Crippen LogP contribution in [0.2, 0.25) is 0 Å². The molecule has 0 saturated heterocycles. The predicted octanol–water partition coefficient (Wildman–Crippen LogP) is 3.34. The van der Waals surface area contributed by atoms with Crippen LogP contribution in [0.3, 0.4) is 0 Å². The van der Waals surface area contributed by atoms with Crippen LogP contribution in [0.1, 0.15) is 36.8 Å². The van der Waals surface area contributed by atoms with Crippen molar-refractivity contribution >= 4 is 5.78 Å². The van der Waals surface area contributed by atoms with Gasteiger partial charge in [0.1, 0.15) is 5.78 Å². The number of ketones is 1. The smallest absolute Gasteiger partial charge is 0.329 e. The summed E-state index contributed by atoms with van der Waals surface area (Å²) >= 11 is 0. The van der Waals surface area contributed by atoms with E-state index in [1.807, 2.05) is 0 Å². The topological polar surface area (TPSA) is 43.1 Å². The lowest BCUT2D eigenvalue weighted by molar-refractivity contribution is -0.137. The van der Waals surface area contributed by atoms with Gasteiger partial charge in [0.25, 0.3) is 0 Å². The number of halogens is 3. The summed E-state index contributed by atoms with van der Waals surface area (Å²) in [7, 11) is 0. The maximum absolute atomic E-state index is 12.5. The van der Waals surface area contributed by atoms with Gasteiger partial charge in [-0.15, -0.1) is 0 Å². The van der Waals surface area contributed by atoms with Crippen LogP contribution in [0.25, 0.3) is 0 Å². The molecular weight excluding hydrogens is 267 g/mol. The number of carbonyl (C=O) groups is 1. The Labute approximate surface area is 116 Å². The molecule has 2 N–H and O–H groups in total. The second kappa shape index (κ2) is 5.56. The second-order valence-electron chi connectivity index (χ2n) is 5.49. The van der Waals surface area contributed by atoms with Gasteiger partial charge in [0.15, 0.2) is 0 Å². The third kappa shape index (κ3) is 3.03. The first kappa shape index (κ1) is 15.0. The lowest BCUT2D eigenvalue weighted by Gasteiger charge is -2.25. The van der Waals surface area contributed by atoms with Gasteiger partial charge in [-0.05, 0) is 30.5 Å². The standard InChI is InChI=1S/C15H18F3NO/c16-15(17,18)12-5-3-11(4-6-12)9-13(20)14(10-19)7-1-2-8-14/h3-6H,1-2,7-10,19H2. The molecule has 5 heteroatoms. The molecular formula is C15H18F3NO. The molecule has 0 aliphatic heterocycles. The van der Waals surface area contributed by atoms with Crippen LogP contribution in [0.5, 0.6) is 0 Å². The van der Waals surface area contributed by atoms with Crippen LogP contribution in [0.4, 0.5) is 13.2 Å². The number of hydrogen-bond donors (Lipinski definition) is 1. The maximum Gasteiger partial charge on any atom is 0.416 e. The summed E-state index contributed by atoms with van der Waals surface area (Å²) in [6.07, 6.45) is -0.598. The van der Waals surface area contributed by atoms with Crippen LogP contribution in [0, 0.1) is 5.41 Å². The molecule has 0 radical (unpaired) electrons. The van der Waals surface area contributed by atoms with Crippen LogP contribution >= 0.6 is 0 Å². The Bertz CT molecular complexity index is 473. The van der Waals surface area contributed by atoms with E-state index in [4.69, 9.17) is 5.73 Å². The molecule has 1 aliphatic carbocycles. The first-order valence-electron chi connectivity index (χ1n) is 6.77. The molecule has 0 atom stereocenters. The van der Waals surface area contributed by atoms with Crippen molar-refractivity contribution in [2.75, 3.05) is 6.54 Å². The molecule has 2 rings (SSSR count). The normalized spacial score (nSPS) is 18.2. The van der Waals surface area contributed by atoms with Crippen molar-refractivity contribution in [1.29, 1.82) is 0 Å². The second-order valence-corrected chi connectivity index (χ2v) is 5.49. The number of nitrogens with two attached hydrogens (primary N) is 1. The predicted molar refractivity (Wildman–Crippen MR) is 70.1 cm³/mol. The summed E-state index contributed by atoms with van der Waals surface area (Å²) in [5.41, 5.74) is 5.20. The Morgan fingerprint density at radius 1 is 1.15 bits per heavy atom. The molecule has 0 heterocycles. The van der Waals surface area contributed by atoms with Gasteiger partial charge < -0.3 is 5.73 Å². The van der Waals surface area contributed by atoms with Crippen molar-refractivity contribution in [3.63, 3.8) is 0 Å². The summed E-state index contributed by atoms with van der Waals surface area (Å²) in [4.78, 5) is 12.3.